The van der Waals surface area contributed by atoms with Crippen LogP contribution in [0.25, 0.3) is 0 Å². The molecule has 1 heterocycles. The molecule has 0 atom stereocenters. The highest BCUT2D eigenvalue weighted by molar-refractivity contribution is 14.1. The number of benzene rings is 2. The lowest BCUT2D eigenvalue weighted by Gasteiger charge is -2.36. The Kier molecular flexibility index (Phi) is 7.07. The minimum absolute atomic E-state index is 0.788. The molecule has 3 rings (SSSR count). The molecule has 0 radical (unpaired) electrons. The van der Waals surface area contributed by atoms with Gasteiger partial charge in [0.15, 0.2) is 11.5 Å². The third kappa shape index (κ3) is 4.79. The van der Waals surface area contributed by atoms with Crippen molar-refractivity contribution in [2.45, 2.75) is 6.42 Å². The van der Waals surface area contributed by atoms with Crippen molar-refractivity contribution in [2.24, 2.45) is 0 Å². The van der Waals surface area contributed by atoms with Crippen molar-refractivity contribution < 1.29 is 14.2 Å². The van der Waals surface area contributed by atoms with Crippen LogP contribution in [0.5, 0.6) is 17.2 Å². The summed E-state index contributed by atoms with van der Waals surface area (Å²) >= 11 is 2.38. The molecule has 0 spiro atoms. The van der Waals surface area contributed by atoms with Crippen molar-refractivity contribution in [2.75, 3.05) is 59.0 Å². The minimum atomic E-state index is 0.788. The van der Waals surface area contributed by atoms with Gasteiger partial charge in [0.1, 0.15) is 5.75 Å². The maximum Gasteiger partial charge on any atom is 0.161 e. The smallest absolute Gasteiger partial charge is 0.161 e. The lowest BCUT2D eigenvalue weighted by molar-refractivity contribution is 0.260. The van der Waals surface area contributed by atoms with Gasteiger partial charge in [0.25, 0.3) is 0 Å². The normalized spacial score (nSPS) is 14.9. The number of anilines is 1. The topological polar surface area (TPSA) is 34.2 Å². The van der Waals surface area contributed by atoms with Crippen molar-refractivity contribution in [3.8, 4) is 17.2 Å². The number of hydrogen-bond acceptors (Lipinski definition) is 5. The number of hydrogen-bond donors (Lipinski definition) is 0. The molecule has 0 saturated carbocycles. The predicted octanol–water partition coefficient (Wildman–Crippen LogP) is 3.68. The van der Waals surface area contributed by atoms with Crippen molar-refractivity contribution in [1.29, 1.82) is 0 Å². The molecule has 0 aliphatic carbocycles. The van der Waals surface area contributed by atoms with E-state index >= 15 is 0 Å². The molecule has 1 fully saturated rings. The van der Waals surface area contributed by atoms with Gasteiger partial charge in [0.2, 0.25) is 0 Å². The van der Waals surface area contributed by atoms with Crippen LogP contribution in [0, 0.1) is 3.57 Å². The number of halogens is 1. The van der Waals surface area contributed by atoms with Crippen LogP contribution in [-0.4, -0.2) is 59.0 Å². The molecule has 6 heteroatoms. The second-order valence-corrected chi connectivity index (χ2v) is 7.71. The molecule has 0 aromatic heterocycles. The Hall–Kier alpha value is -1.67. The number of para-hydroxylation sites is 2. The minimum Gasteiger partial charge on any atom is -0.495 e. The molecule has 1 saturated heterocycles. The van der Waals surface area contributed by atoms with E-state index in [0.29, 0.717) is 0 Å². The van der Waals surface area contributed by atoms with E-state index in [1.807, 2.05) is 18.2 Å². The van der Waals surface area contributed by atoms with E-state index in [-0.39, 0.29) is 0 Å². The largest absolute Gasteiger partial charge is 0.495 e. The van der Waals surface area contributed by atoms with Gasteiger partial charge >= 0.3 is 0 Å². The van der Waals surface area contributed by atoms with Crippen LogP contribution in [0.3, 0.4) is 0 Å². The summed E-state index contributed by atoms with van der Waals surface area (Å²) in [6.07, 6.45) is 1.01. The molecule has 0 unspecified atom stereocenters. The van der Waals surface area contributed by atoms with Crippen LogP contribution < -0.4 is 19.1 Å². The van der Waals surface area contributed by atoms with E-state index in [4.69, 9.17) is 14.2 Å². The second kappa shape index (κ2) is 9.50. The number of methoxy groups -OCH3 is 3. The Balaban J connectivity index is 1.57. The molecule has 0 bridgehead atoms. The van der Waals surface area contributed by atoms with Gasteiger partial charge in [-0.25, -0.2) is 0 Å². The molecule has 0 N–H and O–H groups in total. The quantitative estimate of drug-likeness (QED) is 0.563. The van der Waals surface area contributed by atoms with E-state index in [9.17, 15) is 0 Å². The van der Waals surface area contributed by atoms with Crippen LogP contribution in [0.1, 0.15) is 5.56 Å². The van der Waals surface area contributed by atoms with Gasteiger partial charge < -0.3 is 19.1 Å². The molecule has 1 aliphatic heterocycles. The maximum absolute atomic E-state index is 5.51. The zero-order chi connectivity index (χ0) is 19.2. The summed E-state index contributed by atoms with van der Waals surface area (Å²) in [4.78, 5) is 4.94. The first kappa shape index (κ1) is 20.1. The number of nitrogens with zero attached hydrogens (tertiary/aromatic N) is 2. The number of ether oxygens (including phenoxy) is 3. The summed E-state index contributed by atoms with van der Waals surface area (Å²) in [6, 6.07) is 12.4. The Morgan fingerprint density at radius 1 is 0.852 bits per heavy atom. The van der Waals surface area contributed by atoms with Gasteiger partial charge in [-0.05, 0) is 58.8 Å². The van der Waals surface area contributed by atoms with Crippen LogP contribution >= 0.6 is 22.6 Å². The number of rotatable bonds is 7. The summed E-state index contributed by atoms with van der Waals surface area (Å²) in [5, 5.41) is 0. The van der Waals surface area contributed by atoms with Gasteiger partial charge in [-0.2, -0.15) is 0 Å². The third-order valence-electron chi connectivity index (χ3n) is 5.05. The van der Waals surface area contributed by atoms with Gasteiger partial charge in [0.05, 0.1) is 27.0 Å². The molecular formula is C21H27IN2O3. The Morgan fingerprint density at radius 2 is 1.48 bits per heavy atom. The van der Waals surface area contributed by atoms with E-state index in [1.165, 1.54) is 14.8 Å². The van der Waals surface area contributed by atoms with E-state index < -0.39 is 0 Å². The molecule has 2 aromatic carbocycles. The van der Waals surface area contributed by atoms with E-state index in [1.54, 1.807) is 21.3 Å². The number of piperazine rings is 1. The highest BCUT2D eigenvalue weighted by Crippen LogP contribution is 2.32. The zero-order valence-electron chi connectivity index (χ0n) is 16.2. The predicted molar refractivity (Wildman–Crippen MR) is 118 cm³/mol. The van der Waals surface area contributed by atoms with Crippen molar-refractivity contribution in [3.63, 3.8) is 0 Å². The zero-order valence-corrected chi connectivity index (χ0v) is 18.4. The fourth-order valence-corrected chi connectivity index (χ4v) is 4.18. The Morgan fingerprint density at radius 3 is 2.15 bits per heavy atom. The standard InChI is InChI=1S/C21H27IN2O3/c1-25-19-7-5-4-6-18(19)24-12-10-23(11-13-24)9-8-16-14-20(26-2)21(27-3)15-17(16)22/h4-7,14-15H,8-13H2,1-3H3. The average Bonchev–Trinajstić information content (AvgIpc) is 2.73. The highest BCUT2D eigenvalue weighted by atomic mass is 127. The third-order valence-corrected chi connectivity index (χ3v) is 6.05. The fourth-order valence-electron chi connectivity index (χ4n) is 3.47. The SMILES string of the molecule is COc1cc(I)c(CCN2CCN(c3ccccc3OC)CC2)cc1OC. The summed E-state index contributed by atoms with van der Waals surface area (Å²) in [5.74, 6) is 2.54. The monoisotopic (exact) mass is 482 g/mol. The Bertz CT molecular complexity index is 761. The summed E-state index contributed by atoms with van der Waals surface area (Å²) in [5.41, 5.74) is 2.49. The lowest BCUT2D eigenvalue weighted by Crippen LogP contribution is -2.47. The molecule has 0 amide bonds. The average molecular weight is 482 g/mol. The van der Waals surface area contributed by atoms with Gasteiger partial charge in [-0.3, -0.25) is 4.90 Å². The van der Waals surface area contributed by atoms with Gasteiger partial charge in [0, 0.05) is 36.3 Å². The molecule has 146 valence electrons. The molecule has 5 nitrogen and oxygen atoms in total. The molecule has 1 aliphatic rings. The van der Waals surface area contributed by atoms with Crippen LogP contribution in [0.15, 0.2) is 36.4 Å². The first-order valence-corrected chi connectivity index (χ1v) is 10.2. The van der Waals surface area contributed by atoms with E-state index in [2.05, 4.69) is 50.6 Å². The van der Waals surface area contributed by atoms with Crippen LogP contribution in [-0.2, 0) is 6.42 Å². The lowest BCUT2D eigenvalue weighted by atomic mass is 10.1. The fraction of sp³-hybridized carbons (Fsp3) is 0.429. The Labute approximate surface area is 175 Å². The second-order valence-electron chi connectivity index (χ2n) is 6.55. The summed E-state index contributed by atoms with van der Waals surface area (Å²) in [7, 11) is 5.10. The van der Waals surface area contributed by atoms with E-state index in [0.717, 1.165) is 56.4 Å². The molecule has 27 heavy (non-hydrogen) atoms. The van der Waals surface area contributed by atoms with Gasteiger partial charge in [-0.1, -0.05) is 12.1 Å². The first-order chi connectivity index (χ1) is 13.2. The summed E-state index contributed by atoms with van der Waals surface area (Å²) in [6.45, 7) is 5.20. The molecule has 2 aromatic rings. The van der Waals surface area contributed by atoms with Crippen LogP contribution in [0.4, 0.5) is 5.69 Å². The highest BCUT2D eigenvalue weighted by Gasteiger charge is 2.20. The van der Waals surface area contributed by atoms with Crippen molar-refractivity contribution in [3.05, 3.63) is 45.5 Å². The van der Waals surface area contributed by atoms with Crippen molar-refractivity contribution in [1.82, 2.24) is 4.90 Å². The summed E-state index contributed by atoms with van der Waals surface area (Å²) < 4.78 is 17.6. The molecular weight excluding hydrogens is 455 g/mol. The van der Waals surface area contributed by atoms with Gasteiger partial charge in [-0.15, -0.1) is 0 Å². The first-order valence-electron chi connectivity index (χ1n) is 9.17. The van der Waals surface area contributed by atoms with Crippen LogP contribution in [0.2, 0.25) is 0 Å². The van der Waals surface area contributed by atoms with Crippen molar-refractivity contribution >= 4 is 28.3 Å². The maximum atomic E-state index is 5.51.